The Morgan fingerprint density at radius 1 is 1.44 bits per heavy atom. The number of hydrogen-bond acceptors (Lipinski definition) is 2. The monoisotopic (exact) mass is 135 g/mol. The smallest absolute Gasteiger partial charge is 0.450 e. The molecule has 0 aliphatic carbocycles. The summed E-state index contributed by atoms with van der Waals surface area (Å²) >= 11 is 0. The van der Waals surface area contributed by atoms with Gasteiger partial charge in [-0.15, -0.1) is 0 Å². The van der Waals surface area contributed by atoms with E-state index in [4.69, 9.17) is 15.0 Å². The van der Waals surface area contributed by atoms with E-state index in [9.17, 15) is 4.79 Å². The average molecular weight is 135 g/mol. The normalized spacial score (nSPS) is 6.78. The molecule has 5 nitrogen and oxygen atoms in total. The fourth-order valence-corrected chi connectivity index (χ4v) is 0. The van der Waals surface area contributed by atoms with Gasteiger partial charge in [-0.05, 0) is 0 Å². The van der Waals surface area contributed by atoms with Crippen LogP contribution in [0.15, 0.2) is 0 Å². The number of carboxylic acid groups (broad SMARTS) is 2. The summed E-state index contributed by atoms with van der Waals surface area (Å²) in [5.74, 6) is -0.245. The van der Waals surface area contributed by atoms with Crippen molar-refractivity contribution in [2.45, 2.75) is 13.3 Å². The number of nitrogens with two attached hydrogens (primary N) is 1. The van der Waals surface area contributed by atoms with E-state index in [2.05, 4.69) is 5.73 Å². The van der Waals surface area contributed by atoms with Crippen LogP contribution in [0, 0.1) is 0 Å². The minimum Gasteiger partial charge on any atom is -0.450 e. The van der Waals surface area contributed by atoms with Crippen molar-refractivity contribution in [1.82, 2.24) is 0 Å². The number of carbonyl (C=O) groups excluding carboxylic acids is 1. The molecule has 0 unspecified atom stereocenters. The van der Waals surface area contributed by atoms with E-state index in [1.165, 1.54) is 0 Å². The van der Waals surface area contributed by atoms with Gasteiger partial charge >= 0.3 is 6.16 Å². The molecule has 0 fully saturated rings. The van der Waals surface area contributed by atoms with Crippen molar-refractivity contribution in [3.63, 3.8) is 0 Å². The van der Waals surface area contributed by atoms with E-state index in [1.807, 2.05) is 0 Å². The lowest BCUT2D eigenvalue weighted by Crippen LogP contribution is -2.06. The molecule has 0 aliphatic rings. The highest BCUT2D eigenvalue weighted by atomic mass is 16.6. The third kappa shape index (κ3) is 277. The van der Waals surface area contributed by atoms with E-state index in [0.717, 1.165) is 0 Å². The molecule has 0 aromatic carbocycles. The third-order valence-electron chi connectivity index (χ3n) is 0.348. The van der Waals surface area contributed by atoms with Crippen LogP contribution in [0.25, 0.3) is 0 Å². The molecule has 0 aromatic rings. The highest BCUT2D eigenvalue weighted by Crippen LogP contribution is 1.63. The van der Waals surface area contributed by atoms with Crippen LogP contribution < -0.4 is 5.73 Å². The van der Waals surface area contributed by atoms with Crippen molar-refractivity contribution in [1.29, 1.82) is 0 Å². The van der Waals surface area contributed by atoms with Gasteiger partial charge in [0.15, 0.2) is 0 Å². The molecule has 9 heavy (non-hydrogen) atoms. The maximum absolute atomic E-state index is 9.59. The lowest BCUT2D eigenvalue weighted by Gasteiger charge is -1.73. The quantitative estimate of drug-likeness (QED) is 0.474. The molecule has 54 valence electrons. The van der Waals surface area contributed by atoms with Gasteiger partial charge in [0.1, 0.15) is 0 Å². The van der Waals surface area contributed by atoms with Crippen molar-refractivity contribution in [2.24, 2.45) is 5.73 Å². The summed E-state index contributed by atoms with van der Waals surface area (Å²) in [6.07, 6.45) is -1.39. The van der Waals surface area contributed by atoms with Gasteiger partial charge in [0.05, 0.1) is 0 Å². The molecule has 0 aromatic heterocycles. The molecule has 1 amide bonds. The topological polar surface area (TPSA) is 101 Å². The minimum atomic E-state index is -1.83. The van der Waals surface area contributed by atoms with Crippen molar-refractivity contribution in [2.75, 3.05) is 0 Å². The van der Waals surface area contributed by atoms with E-state index < -0.39 is 6.16 Å². The van der Waals surface area contributed by atoms with Crippen LogP contribution in [0.2, 0.25) is 0 Å². The first-order chi connectivity index (χ1) is 4.00. The summed E-state index contributed by atoms with van der Waals surface area (Å²) in [7, 11) is 0. The molecule has 0 aliphatic heterocycles. The number of primary amides is 1. The largest absolute Gasteiger partial charge is 0.503 e. The third-order valence-corrected chi connectivity index (χ3v) is 0.348. The van der Waals surface area contributed by atoms with Crippen LogP contribution >= 0.6 is 0 Å². The van der Waals surface area contributed by atoms with Gasteiger partial charge in [-0.3, -0.25) is 4.79 Å². The zero-order valence-corrected chi connectivity index (χ0v) is 5.00. The molecule has 0 atom stereocenters. The molecule has 0 rings (SSSR count). The maximum Gasteiger partial charge on any atom is 0.503 e. The van der Waals surface area contributed by atoms with Crippen molar-refractivity contribution < 1.29 is 19.8 Å². The predicted octanol–water partition coefficient (Wildman–Crippen LogP) is 0.104. The van der Waals surface area contributed by atoms with E-state index in [-0.39, 0.29) is 5.91 Å². The lowest BCUT2D eigenvalue weighted by atomic mass is 10.5. The molecular formula is C4H9NO4. The van der Waals surface area contributed by atoms with Crippen LogP contribution in [0.4, 0.5) is 4.79 Å². The second kappa shape index (κ2) is 6.74. The molecule has 0 spiro atoms. The molecule has 0 bridgehead atoms. The minimum absolute atomic E-state index is 0.245. The zero-order chi connectivity index (χ0) is 7.86. The number of carbonyl (C=O) groups is 2. The molecular weight excluding hydrogens is 126 g/mol. The molecule has 4 N–H and O–H groups in total. The van der Waals surface area contributed by atoms with Gasteiger partial charge in [0.25, 0.3) is 0 Å². The summed E-state index contributed by atoms with van der Waals surface area (Å²) < 4.78 is 0. The summed E-state index contributed by atoms with van der Waals surface area (Å²) in [5, 5.41) is 13.9. The Balaban J connectivity index is 0. The number of rotatable bonds is 1. The fraction of sp³-hybridized carbons (Fsp3) is 0.500. The lowest BCUT2D eigenvalue weighted by molar-refractivity contribution is -0.117. The van der Waals surface area contributed by atoms with Crippen LogP contribution in [-0.4, -0.2) is 22.3 Å². The van der Waals surface area contributed by atoms with Crippen LogP contribution in [0.5, 0.6) is 0 Å². The van der Waals surface area contributed by atoms with Gasteiger partial charge in [-0.25, -0.2) is 4.79 Å². The van der Waals surface area contributed by atoms with E-state index >= 15 is 0 Å². The Labute approximate surface area is 52.1 Å². The Hall–Kier alpha value is -1.26. The van der Waals surface area contributed by atoms with Gasteiger partial charge in [-0.1, -0.05) is 6.92 Å². The fourth-order valence-electron chi connectivity index (χ4n) is 0. The van der Waals surface area contributed by atoms with Crippen molar-refractivity contribution in [3.8, 4) is 0 Å². The summed E-state index contributed by atoms with van der Waals surface area (Å²) in [6, 6.07) is 0. The first-order valence-corrected chi connectivity index (χ1v) is 2.20. The maximum atomic E-state index is 9.59. The van der Waals surface area contributed by atoms with E-state index in [0.29, 0.717) is 6.42 Å². The second-order valence-corrected chi connectivity index (χ2v) is 1.10. The van der Waals surface area contributed by atoms with Crippen LogP contribution in [0.3, 0.4) is 0 Å². The standard InChI is InChI=1S/C3H7NO.CH2O3/c1-2-3(4)5;2-1(3)4/h2H2,1H3,(H2,4,5);(H2,2,3,4). The van der Waals surface area contributed by atoms with E-state index in [1.54, 1.807) is 6.92 Å². The molecule has 5 heteroatoms. The van der Waals surface area contributed by atoms with Gasteiger partial charge in [0, 0.05) is 6.42 Å². The van der Waals surface area contributed by atoms with Crippen LogP contribution in [-0.2, 0) is 4.79 Å². The molecule has 0 saturated carbocycles. The Morgan fingerprint density at radius 2 is 1.56 bits per heavy atom. The average Bonchev–Trinajstić information content (AvgIpc) is 1.65. The van der Waals surface area contributed by atoms with Gasteiger partial charge in [-0.2, -0.15) is 0 Å². The highest BCUT2D eigenvalue weighted by Gasteiger charge is 1.77. The Kier molecular flexibility index (Phi) is 7.99. The summed E-state index contributed by atoms with van der Waals surface area (Å²) in [6.45, 7) is 1.72. The molecule has 0 radical (unpaired) electrons. The first kappa shape index (κ1) is 10.7. The second-order valence-electron chi connectivity index (χ2n) is 1.10. The Morgan fingerprint density at radius 3 is 1.56 bits per heavy atom. The van der Waals surface area contributed by atoms with Crippen molar-refractivity contribution in [3.05, 3.63) is 0 Å². The molecule has 0 heterocycles. The summed E-state index contributed by atoms with van der Waals surface area (Å²) in [4.78, 5) is 18.1. The van der Waals surface area contributed by atoms with Gasteiger partial charge < -0.3 is 15.9 Å². The number of hydrogen-bond donors (Lipinski definition) is 3. The highest BCUT2D eigenvalue weighted by molar-refractivity contribution is 5.73. The predicted molar refractivity (Wildman–Crippen MR) is 30.1 cm³/mol. The number of amides is 1. The zero-order valence-electron chi connectivity index (χ0n) is 5.00. The SMILES string of the molecule is CCC(N)=O.O=C(O)O. The summed E-state index contributed by atoms with van der Waals surface area (Å²) in [5.41, 5.74) is 4.65. The first-order valence-electron chi connectivity index (χ1n) is 2.20. The Bertz CT molecular complexity index is 96.7. The van der Waals surface area contributed by atoms with Crippen LogP contribution in [0.1, 0.15) is 13.3 Å². The van der Waals surface area contributed by atoms with Gasteiger partial charge in [0.2, 0.25) is 5.91 Å². The van der Waals surface area contributed by atoms with Crippen molar-refractivity contribution >= 4 is 12.1 Å². The molecule has 0 saturated heterocycles.